The highest BCUT2D eigenvalue weighted by Crippen LogP contribution is 2.47. The zero-order valence-electron chi connectivity index (χ0n) is 64.3. The van der Waals surface area contributed by atoms with E-state index in [0.29, 0.717) is 6.42 Å². The Hall–Kier alpha value is -3.99. The van der Waals surface area contributed by atoms with Crippen LogP contribution >= 0.6 is 7.82 Å². The average Bonchev–Trinajstić information content (AvgIpc) is 0.815. The average molecular weight is 1350 g/mol. The second kappa shape index (κ2) is 54.8. The number of rotatable bonds is 52. The van der Waals surface area contributed by atoms with Crippen molar-refractivity contribution in [2.24, 2.45) is 5.92 Å². The van der Waals surface area contributed by atoms with Crippen LogP contribution in [0.25, 0.3) is 0 Å². The lowest BCUT2D eigenvalue weighted by atomic mass is 10.00. The fourth-order valence-corrected chi connectivity index (χ4v) is 12.4. The van der Waals surface area contributed by atoms with Crippen LogP contribution in [0.3, 0.4) is 0 Å². The second-order valence-corrected chi connectivity index (χ2v) is 30.5. The van der Waals surface area contributed by atoms with E-state index in [1.54, 1.807) is 0 Å². The molecule has 2 unspecified atom stereocenters. The first-order chi connectivity index (χ1) is 45.6. The van der Waals surface area contributed by atoms with Gasteiger partial charge in [0.05, 0.1) is 13.2 Å². The Morgan fingerprint density at radius 3 is 0.781 bits per heavy atom. The van der Waals surface area contributed by atoms with Gasteiger partial charge in [0.2, 0.25) is 0 Å². The molecular weight excluding hydrogens is 1210 g/mol. The molecule has 0 bridgehead atoms. The number of hydrogen-bond acceptors (Lipinski definition) is 8. The summed E-state index contributed by atoms with van der Waals surface area (Å²) in [7, 11) is -4.64. The number of phosphoric acid groups is 1. The van der Waals surface area contributed by atoms with E-state index in [0.717, 1.165) is 167 Å². The fourth-order valence-electron chi connectivity index (χ4n) is 11.6. The molecule has 546 valence electrons. The quantitative estimate of drug-likeness (QED) is 0.0297. The zero-order valence-corrected chi connectivity index (χ0v) is 65.2. The van der Waals surface area contributed by atoms with E-state index in [4.69, 9.17) is 13.8 Å². The first-order valence-electron chi connectivity index (χ1n) is 37.4. The van der Waals surface area contributed by atoms with Gasteiger partial charge in [0.25, 0.3) is 0 Å². The Labute approximate surface area is 589 Å². The lowest BCUT2D eigenvalue weighted by molar-refractivity contribution is -0.281. The molecule has 0 aromatic rings. The van der Waals surface area contributed by atoms with Crippen molar-refractivity contribution in [2.75, 3.05) is 13.2 Å². The van der Waals surface area contributed by atoms with Gasteiger partial charge in [0.1, 0.15) is 24.4 Å². The summed E-state index contributed by atoms with van der Waals surface area (Å²) in [6.07, 6.45) is 62.3. The monoisotopic (exact) mass is 1350 g/mol. The predicted octanol–water partition coefficient (Wildman–Crippen LogP) is 24.9. The first-order valence-corrected chi connectivity index (χ1v) is 38.9. The molecule has 0 amide bonds. The highest BCUT2D eigenvalue weighted by Gasteiger charge is 2.46. The van der Waals surface area contributed by atoms with Gasteiger partial charge in [0, 0.05) is 0 Å². The molecule has 0 aromatic heterocycles. The fraction of sp³-hybridized carbons (Fsp3) is 0.651. The predicted molar refractivity (Wildman–Crippen MR) is 415 cm³/mol. The van der Waals surface area contributed by atoms with Crippen LogP contribution in [0.4, 0.5) is 0 Å². The van der Waals surface area contributed by atoms with Gasteiger partial charge in [0.15, 0.2) is 6.29 Å². The van der Waals surface area contributed by atoms with Crippen molar-refractivity contribution >= 4 is 7.82 Å². The van der Waals surface area contributed by atoms with Gasteiger partial charge in [-0.3, -0.25) is 9.05 Å². The lowest BCUT2D eigenvalue weighted by Gasteiger charge is -2.39. The molecule has 1 saturated heterocycles. The van der Waals surface area contributed by atoms with Crippen LogP contribution in [0.15, 0.2) is 175 Å². The van der Waals surface area contributed by atoms with E-state index < -0.39 is 45.1 Å². The minimum atomic E-state index is -4.64. The van der Waals surface area contributed by atoms with Crippen LogP contribution in [-0.2, 0) is 18.3 Å². The smallest absolute Gasteiger partial charge is 0.394 e. The second-order valence-electron chi connectivity index (χ2n) is 29.1. The summed E-state index contributed by atoms with van der Waals surface area (Å²) in [5.74, 6) is 0.226. The van der Waals surface area contributed by atoms with Crippen molar-refractivity contribution < 1.29 is 43.7 Å². The lowest BCUT2D eigenvalue weighted by Crippen LogP contribution is -2.58. The molecule has 0 radical (unpaired) electrons. The maximum absolute atomic E-state index is 12.5. The number of aliphatic hydroxyl groups is 4. The first kappa shape index (κ1) is 90.0. The van der Waals surface area contributed by atoms with Crippen molar-refractivity contribution in [1.29, 1.82) is 0 Å². The Morgan fingerprint density at radius 2 is 0.562 bits per heavy atom. The van der Waals surface area contributed by atoms with Gasteiger partial charge < -0.3 is 30.1 Å². The summed E-state index contributed by atoms with van der Waals surface area (Å²) in [5.41, 5.74) is 22.3. The summed E-state index contributed by atoms with van der Waals surface area (Å²) in [4.78, 5) is 10.1. The molecule has 1 heterocycles. The Kier molecular flexibility index (Phi) is 51.4. The Bertz CT molecular complexity index is 2720. The van der Waals surface area contributed by atoms with Gasteiger partial charge in [-0.15, -0.1) is 0 Å². The van der Waals surface area contributed by atoms with Crippen LogP contribution < -0.4 is 0 Å². The number of ether oxygens (including phenoxy) is 1. The third-order valence-electron chi connectivity index (χ3n) is 18.6. The maximum atomic E-state index is 12.5. The third-order valence-corrected chi connectivity index (χ3v) is 19.6. The normalized spacial score (nSPS) is 20.4. The molecular formula is C86H143O9P. The minimum Gasteiger partial charge on any atom is -0.394 e. The molecule has 1 aliphatic heterocycles. The van der Waals surface area contributed by atoms with E-state index in [-0.39, 0.29) is 12.5 Å². The largest absolute Gasteiger partial charge is 0.474 e. The Morgan fingerprint density at radius 1 is 0.344 bits per heavy atom. The van der Waals surface area contributed by atoms with Crippen molar-refractivity contribution in [3.8, 4) is 0 Å². The van der Waals surface area contributed by atoms with Crippen LogP contribution in [-0.4, -0.2) is 69.2 Å². The summed E-state index contributed by atoms with van der Waals surface area (Å²) in [6, 6.07) is 0. The molecule has 5 N–H and O–H groups in total. The summed E-state index contributed by atoms with van der Waals surface area (Å²) >= 11 is 0. The van der Waals surface area contributed by atoms with Gasteiger partial charge in [-0.1, -0.05) is 182 Å². The van der Waals surface area contributed by atoms with E-state index in [2.05, 4.69) is 209 Å². The van der Waals surface area contributed by atoms with Crippen molar-refractivity contribution in [1.82, 2.24) is 0 Å². The van der Waals surface area contributed by atoms with E-state index in [1.165, 1.54) is 109 Å². The minimum absolute atomic E-state index is 0.0466. The SMILES string of the molecule is CC(C)=CCC/C(C)=C/CC/C(C)=C/CC/C(C)=C/CC/C(C)=C/CC/C(C)=C\CC/C(C)=C/CC/C(C)=C/CC/C(C)=C/CC/C(C)=C/CC/C(C)=C\CC/C(C)=C/CC/C(C)=C/CC/C(C)=C/CC/C(C)=C/CCC(C)CCOP(=O)(O)O[C@@H]1O[C@H](CO)[C@@H](O)[C@H](O)[C@@H]1O. The van der Waals surface area contributed by atoms with E-state index in [9.17, 15) is 29.9 Å². The molecule has 9 nitrogen and oxygen atoms in total. The number of aliphatic hydroxyl groups excluding tert-OH is 4. The summed E-state index contributed by atoms with van der Waals surface area (Å²) in [5, 5.41) is 39.3. The Balaban J connectivity index is 2.23. The van der Waals surface area contributed by atoms with Crippen molar-refractivity contribution in [2.45, 2.75) is 347 Å². The van der Waals surface area contributed by atoms with Crippen LogP contribution in [0.5, 0.6) is 0 Å². The molecule has 0 saturated carbocycles. The molecule has 0 spiro atoms. The number of phosphoric ester groups is 1. The molecule has 96 heavy (non-hydrogen) atoms. The van der Waals surface area contributed by atoms with Gasteiger partial charge in [-0.2, -0.15) is 0 Å². The number of hydrogen-bond donors (Lipinski definition) is 5. The maximum Gasteiger partial charge on any atom is 0.474 e. The third kappa shape index (κ3) is 49.5. The summed E-state index contributed by atoms with van der Waals surface area (Å²) in [6.45, 7) is 37.6. The van der Waals surface area contributed by atoms with E-state index in [1.807, 2.05) is 0 Å². The molecule has 1 fully saturated rings. The molecule has 0 aliphatic carbocycles. The van der Waals surface area contributed by atoms with Crippen molar-refractivity contribution in [3.05, 3.63) is 175 Å². The zero-order chi connectivity index (χ0) is 71.7. The van der Waals surface area contributed by atoms with Crippen LogP contribution in [0, 0.1) is 5.92 Å². The number of allylic oxidation sites excluding steroid dienone is 30. The summed E-state index contributed by atoms with van der Waals surface area (Å²) < 4.78 is 27.6. The van der Waals surface area contributed by atoms with Crippen LogP contribution in [0.2, 0.25) is 0 Å². The molecule has 1 rings (SSSR count). The van der Waals surface area contributed by atoms with E-state index >= 15 is 0 Å². The molecule has 1 aliphatic rings. The van der Waals surface area contributed by atoms with Gasteiger partial charge in [-0.25, -0.2) is 4.57 Å². The molecule has 7 atom stereocenters. The highest BCUT2D eigenvalue weighted by atomic mass is 31.2. The topological polar surface area (TPSA) is 146 Å². The molecule has 10 heteroatoms. The van der Waals surface area contributed by atoms with Gasteiger partial charge >= 0.3 is 7.82 Å². The molecule has 0 aromatic carbocycles. The van der Waals surface area contributed by atoms with Gasteiger partial charge in [-0.05, 0) is 316 Å². The standard InChI is InChI=1S/C86H143O9P/c1-66(2)33-18-34-67(3)35-19-36-68(4)37-20-38-69(5)39-21-40-70(6)41-22-42-71(7)43-23-44-72(8)45-24-46-73(9)47-25-48-74(10)49-26-50-75(11)51-27-52-76(12)53-28-54-77(13)55-29-56-78(14)57-30-58-79(15)59-31-60-80(16)61-32-62-81(17)63-64-93-96(91,92)95-86-85(90)84(89)83(88)82(65-87)94-86/h33,35,37,39,41,43,45,47,49,51,53,55,57,59,61,81-90H,18-32,34,36,38,40,42,44,46,48,50,52,54,56,58,60,62-65H2,1-17H3,(H,91,92)/b67-35+,68-37+,69-39+,70-41+,71-43-,72-45+,73-47+,74-49+,75-51+,76-53-,77-55+,78-57+,79-59+,80-61+/t81?,82-,83-,84+,85+,86+/m1/s1. The van der Waals surface area contributed by atoms with Crippen LogP contribution in [0.1, 0.15) is 317 Å². The van der Waals surface area contributed by atoms with Crippen molar-refractivity contribution in [3.63, 3.8) is 0 Å². The highest BCUT2D eigenvalue weighted by molar-refractivity contribution is 7.47.